The summed E-state index contributed by atoms with van der Waals surface area (Å²) in [4.78, 5) is 0. The number of anilines is 1. The zero-order valence-corrected chi connectivity index (χ0v) is 9.58. The third-order valence-electron chi connectivity index (χ3n) is 2.99. The molecule has 1 saturated heterocycles. The molecule has 0 radical (unpaired) electrons. The highest BCUT2D eigenvalue weighted by molar-refractivity contribution is 5.48. The first kappa shape index (κ1) is 11.9. The molecule has 4 heteroatoms. The summed E-state index contributed by atoms with van der Waals surface area (Å²) in [7, 11) is 0. The van der Waals surface area contributed by atoms with Crippen molar-refractivity contribution in [3.63, 3.8) is 0 Å². The Labute approximate surface area is 100 Å². The van der Waals surface area contributed by atoms with Crippen molar-refractivity contribution >= 4 is 5.69 Å². The van der Waals surface area contributed by atoms with Crippen LogP contribution in [0.2, 0.25) is 0 Å². The third-order valence-corrected chi connectivity index (χ3v) is 2.99. The Kier molecular flexibility index (Phi) is 3.94. The number of nitrogens with zero attached hydrogens (tertiary/aromatic N) is 1. The van der Waals surface area contributed by atoms with Gasteiger partial charge in [-0.25, -0.2) is 4.39 Å². The van der Waals surface area contributed by atoms with Crippen LogP contribution in [0.25, 0.3) is 0 Å². The van der Waals surface area contributed by atoms with Gasteiger partial charge in [0.15, 0.2) is 0 Å². The van der Waals surface area contributed by atoms with E-state index < -0.39 is 0 Å². The number of hydrogen-bond acceptors (Lipinski definition) is 3. The summed E-state index contributed by atoms with van der Waals surface area (Å²) in [6.07, 6.45) is 2.08. The summed E-state index contributed by atoms with van der Waals surface area (Å²) in [5.41, 5.74) is 0.806. The maximum atomic E-state index is 13.5. The van der Waals surface area contributed by atoms with Crippen LogP contribution in [0.1, 0.15) is 18.4 Å². The monoisotopic (exact) mass is 234 g/mol. The van der Waals surface area contributed by atoms with E-state index in [9.17, 15) is 4.39 Å². The van der Waals surface area contributed by atoms with Crippen molar-refractivity contribution in [2.45, 2.75) is 12.8 Å². The molecule has 1 unspecified atom stereocenters. The smallest absolute Gasteiger partial charge is 0.147 e. The lowest BCUT2D eigenvalue weighted by Crippen LogP contribution is -2.09. The summed E-state index contributed by atoms with van der Waals surface area (Å²) in [5, 5.41) is 11.7. The normalized spacial score (nSPS) is 18.9. The standard InChI is InChI=1S/C13H15FN2O/c14-12-7-11(8-15)1-2-13(12)16-5-3-10-4-6-17-9-10/h1-2,7,10,16H,3-6,9H2. The summed E-state index contributed by atoms with van der Waals surface area (Å²) < 4.78 is 18.8. The molecule has 1 aromatic carbocycles. The van der Waals surface area contributed by atoms with E-state index in [4.69, 9.17) is 10.00 Å². The van der Waals surface area contributed by atoms with Gasteiger partial charge in [-0.15, -0.1) is 0 Å². The second-order valence-electron chi connectivity index (χ2n) is 4.25. The zero-order valence-electron chi connectivity index (χ0n) is 9.58. The van der Waals surface area contributed by atoms with E-state index in [2.05, 4.69) is 5.32 Å². The summed E-state index contributed by atoms with van der Waals surface area (Å²) >= 11 is 0. The molecule has 2 rings (SSSR count). The summed E-state index contributed by atoms with van der Waals surface area (Å²) in [6, 6.07) is 6.39. The van der Waals surface area contributed by atoms with Crippen LogP contribution in [-0.4, -0.2) is 19.8 Å². The molecule has 0 spiro atoms. The Morgan fingerprint density at radius 2 is 2.41 bits per heavy atom. The SMILES string of the molecule is N#Cc1ccc(NCCC2CCOC2)c(F)c1. The topological polar surface area (TPSA) is 45.0 Å². The molecule has 3 nitrogen and oxygen atoms in total. The van der Waals surface area contributed by atoms with Gasteiger partial charge >= 0.3 is 0 Å². The minimum atomic E-state index is -0.369. The van der Waals surface area contributed by atoms with Crippen LogP contribution >= 0.6 is 0 Å². The Balaban J connectivity index is 1.84. The fraction of sp³-hybridized carbons (Fsp3) is 0.462. The first-order chi connectivity index (χ1) is 8.29. The number of ether oxygens (including phenoxy) is 1. The molecule has 1 fully saturated rings. The Morgan fingerprint density at radius 3 is 3.06 bits per heavy atom. The van der Waals surface area contributed by atoms with E-state index >= 15 is 0 Å². The lowest BCUT2D eigenvalue weighted by atomic mass is 10.1. The second-order valence-corrected chi connectivity index (χ2v) is 4.25. The number of nitrogens with one attached hydrogen (secondary N) is 1. The molecule has 1 atom stereocenters. The van der Waals surface area contributed by atoms with Gasteiger partial charge in [-0.05, 0) is 37.0 Å². The van der Waals surface area contributed by atoms with Crippen LogP contribution in [-0.2, 0) is 4.74 Å². The van der Waals surface area contributed by atoms with Gasteiger partial charge in [-0.1, -0.05) is 0 Å². The van der Waals surface area contributed by atoms with E-state index in [1.165, 1.54) is 6.07 Å². The highest BCUT2D eigenvalue weighted by Crippen LogP contribution is 2.18. The molecule has 1 aliphatic heterocycles. The minimum absolute atomic E-state index is 0.345. The molecular weight excluding hydrogens is 219 g/mol. The first-order valence-corrected chi connectivity index (χ1v) is 5.81. The van der Waals surface area contributed by atoms with Crippen LogP contribution in [0.4, 0.5) is 10.1 Å². The van der Waals surface area contributed by atoms with Gasteiger partial charge < -0.3 is 10.1 Å². The Bertz CT molecular complexity index is 422. The highest BCUT2D eigenvalue weighted by Gasteiger charge is 2.14. The average molecular weight is 234 g/mol. The number of rotatable bonds is 4. The maximum Gasteiger partial charge on any atom is 0.147 e. The van der Waals surface area contributed by atoms with Gasteiger partial charge in [0.25, 0.3) is 0 Å². The minimum Gasteiger partial charge on any atom is -0.383 e. The molecule has 0 aliphatic carbocycles. The third kappa shape index (κ3) is 3.18. The first-order valence-electron chi connectivity index (χ1n) is 5.81. The average Bonchev–Trinajstić information content (AvgIpc) is 2.84. The molecule has 1 aromatic rings. The molecule has 17 heavy (non-hydrogen) atoms. The van der Waals surface area contributed by atoms with Crippen LogP contribution in [0.15, 0.2) is 18.2 Å². The molecule has 1 N–H and O–H groups in total. The molecule has 90 valence electrons. The van der Waals surface area contributed by atoms with Crippen LogP contribution in [0.3, 0.4) is 0 Å². The number of hydrogen-bond donors (Lipinski definition) is 1. The summed E-state index contributed by atoms with van der Waals surface area (Å²) in [5.74, 6) is 0.218. The molecule has 0 amide bonds. The van der Waals surface area contributed by atoms with Gasteiger partial charge in [0.2, 0.25) is 0 Å². The fourth-order valence-electron chi connectivity index (χ4n) is 1.95. The van der Waals surface area contributed by atoms with Gasteiger partial charge in [0.05, 0.1) is 17.3 Å². The van der Waals surface area contributed by atoms with Crippen molar-refractivity contribution < 1.29 is 9.13 Å². The van der Waals surface area contributed by atoms with E-state index in [1.807, 2.05) is 6.07 Å². The number of halogens is 1. The molecule has 0 aromatic heterocycles. The van der Waals surface area contributed by atoms with Gasteiger partial charge in [0, 0.05) is 19.8 Å². The Hall–Kier alpha value is -1.60. The molecule has 1 heterocycles. The van der Waals surface area contributed by atoms with E-state index in [1.54, 1.807) is 12.1 Å². The van der Waals surface area contributed by atoms with Crippen LogP contribution in [0.5, 0.6) is 0 Å². The molecule has 0 saturated carbocycles. The predicted molar refractivity (Wildman–Crippen MR) is 63.1 cm³/mol. The number of nitriles is 1. The second kappa shape index (κ2) is 5.65. The van der Waals surface area contributed by atoms with Crippen molar-refractivity contribution in [3.8, 4) is 6.07 Å². The van der Waals surface area contributed by atoms with E-state index in [0.29, 0.717) is 17.2 Å². The largest absolute Gasteiger partial charge is 0.383 e. The van der Waals surface area contributed by atoms with Crippen LogP contribution in [0, 0.1) is 23.1 Å². The fourth-order valence-corrected chi connectivity index (χ4v) is 1.95. The molecular formula is C13H15FN2O. The van der Waals surface area contributed by atoms with Crippen molar-refractivity contribution in [1.29, 1.82) is 5.26 Å². The Morgan fingerprint density at radius 1 is 1.53 bits per heavy atom. The van der Waals surface area contributed by atoms with Gasteiger partial charge in [0.1, 0.15) is 5.82 Å². The highest BCUT2D eigenvalue weighted by atomic mass is 19.1. The van der Waals surface area contributed by atoms with E-state index in [0.717, 1.165) is 32.6 Å². The van der Waals surface area contributed by atoms with E-state index in [-0.39, 0.29) is 5.82 Å². The lowest BCUT2D eigenvalue weighted by molar-refractivity contribution is 0.185. The lowest BCUT2D eigenvalue weighted by Gasteiger charge is -2.10. The van der Waals surface area contributed by atoms with Gasteiger partial charge in [-0.2, -0.15) is 5.26 Å². The van der Waals surface area contributed by atoms with Crippen molar-refractivity contribution in [2.24, 2.45) is 5.92 Å². The summed E-state index contributed by atoms with van der Waals surface area (Å²) in [6.45, 7) is 2.39. The van der Waals surface area contributed by atoms with Crippen LogP contribution < -0.4 is 5.32 Å². The van der Waals surface area contributed by atoms with Crippen molar-refractivity contribution in [2.75, 3.05) is 25.1 Å². The maximum absolute atomic E-state index is 13.5. The molecule has 1 aliphatic rings. The zero-order chi connectivity index (χ0) is 12.1. The van der Waals surface area contributed by atoms with Gasteiger partial charge in [-0.3, -0.25) is 0 Å². The van der Waals surface area contributed by atoms with Crippen molar-refractivity contribution in [3.05, 3.63) is 29.6 Å². The van der Waals surface area contributed by atoms with Crippen molar-refractivity contribution in [1.82, 2.24) is 0 Å². The quantitative estimate of drug-likeness (QED) is 0.870. The number of benzene rings is 1. The molecule has 0 bridgehead atoms. The predicted octanol–water partition coefficient (Wildman–Crippen LogP) is 2.54.